The number of quaternary nitrogens is 1. The fraction of sp³-hybridized carbons (Fsp3) is 0.474. The summed E-state index contributed by atoms with van der Waals surface area (Å²) >= 11 is 0. The predicted octanol–water partition coefficient (Wildman–Crippen LogP) is 2.02. The van der Waals surface area contributed by atoms with Gasteiger partial charge in [0.25, 0.3) is 0 Å². The standard InChI is InChI=1S/C19H22N4O/c1-2-6-14(5-1)22-9-11-23(12-10-22)19-18-17(20-13-21-19)15-7-3-4-8-16(15)24-18/h3-4,7-8,13-14H,1-2,5-6,9-12H2/p+1. The van der Waals surface area contributed by atoms with E-state index >= 15 is 0 Å². The number of nitrogens with zero attached hydrogens (tertiary/aromatic N) is 3. The molecule has 0 spiro atoms. The fourth-order valence-corrected chi connectivity index (χ4v) is 4.48. The second-order valence-electron chi connectivity index (χ2n) is 7.10. The van der Waals surface area contributed by atoms with Crippen molar-refractivity contribution in [3.8, 4) is 0 Å². The molecule has 1 saturated heterocycles. The lowest BCUT2D eigenvalue weighted by Gasteiger charge is -2.35. The minimum atomic E-state index is 0.836. The lowest BCUT2D eigenvalue weighted by atomic mass is 10.2. The lowest BCUT2D eigenvalue weighted by molar-refractivity contribution is -0.925. The first-order valence-corrected chi connectivity index (χ1v) is 9.12. The molecular weight excluding hydrogens is 300 g/mol. The van der Waals surface area contributed by atoms with Crippen molar-refractivity contribution < 1.29 is 9.32 Å². The summed E-state index contributed by atoms with van der Waals surface area (Å²) in [4.78, 5) is 13.2. The van der Waals surface area contributed by atoms with E-state index in [-0.39, 0.29) is 0 Å². The number of furan rings is 1. The van der Waals surface area contributed by atoms with E-state index < -0.39 is 0 Å². The lowest BCUT2D eigenvalue weighted by Crippen LogP contribution is -3.18. The van der Waals surface area contributed by atoms with Gasteiger partial charge in [-0.25, -0.2) is 9.97 Å². The van der Waals surface area contributed by atoms with Crippen LogP contribution in [0.5, 0.6) is 0 Å². The zero-order chi connectivity index (χ0) is 15.9. The Kier molecular flexibility index (Phi) is 3.40. The van der Waals surface area contributed by atoms with Crippen molar-refractivity contribution in [1.29, 1.82) is 0 Å². The van der Waals surface area contributed by atoms with E-state index in [4.69, 9.17) is 4.42 Å². The molecule has 0 atom stereocenters. The van der Waals surface area contributed by atoms with Gasteiger partial charge in [-0.1, -0.05) is 12.1 Å². The van der Waals surface area contributed by atoms with Crippen LogP contribution in [-0.4, -0.2) is 42.2 Å². The number of hydrogen-bond donors (Lipinski definition) is 1. The van der Waals surface area contributed by atoms with Crippen LogP contribution in [-0.2, 0) is 0 Å². The predicted molar refractivity (Wildman–Crippen MR) is 94.5 cm³/mol. The summed E-state index contributed by atoms with van der Waals surface area (Å²) in [5.41, 5.74) is 2.66. The molecule has 3 aromatic rings. The Labute approximate surface area is 141 Å². The van der Waals surface area contributed by atoms with Gasteiger partial charge in [0, 0.05) is 5.39 Å². The number of benzene rings is 1. The van der Waals surface area contributed by atoms with E-state index in [1.807, 2.05) is 18.2 Å². The first-order chi connectivity index (χ1) is 11.9. The molecule has 124 valence electrons. The van der Waals surface area contributed by atoms with Crippen LogP contribution in [0.15, 0.2) is 35.0 Å². The molecule has 1 aliphatic heterocycles. The highest BCUT2D eigenvalue weighted by Crippen LogP contribution is 2.32. The van der Waals surface area contributed by atoms with E-state index in [1.165, 1.54) is 38.8 Å². The first kappa shape index (κ1) is 14.2. The third kappa shape index (κ3) is 2.26. The highest BCUT2D eigenvalue weighted by Gasteiger charge is 2.31. The van der Waals surface area contributed by atoms with E-state index in [1.54, 1.807) is 11.2 Å². The van der Waals surface area contributed by atoms with Gasteiger partial charge in [-0.2, -0.15) is 0 Å². The van der Waals surface area contributed by atoms with Crippen molar-refractivity contribution in [2.45, 2.75) is 31.7 Å². The van der Waals surface area contributed by atoms with Gasteiger partial charge in [0.05, 0.1) is 32.2 Å². The molecule has 1 N–H and O–H groups in total. The molecule has 0 bridgehead atoms. The van der Waals surface area contributed by atoms with E-state index in [0.29, 0.717) is 0 Å². The Morgan fingerprint density at radius 1 is 1.04 bits per heavy atom. The molecule has 0 amide bonds. The molecule has 2 aliphatic rings. The van der Waals surface area contributed by atoms with Crippen molar-refractivity contribution in [1.82, 2.24) is 9.97 Å². The number of piperazine rings is 1. The van der Waals surface area contributed by atoms with Gasteiger partial charge in [0.1, 0.15) is 17.4 Å². The minimum absolute atomic E-state index is 0.836. The average molecular weight is 323 g/mol. The van der Waals surface area contributed by atoms with Crippen LogP contribution >= 0.6 is 0 Å². The molecule has 1 aliphatic carbocycles. The number of hydrogen-bond acceptors (Lipinski definition) is 4. The van der Waals surface area contributed by atoms with Gasteiger partial charge < -0.3 is 14.2 Å². The Morgan fingerprint density at radius 3 is 2.67 bits per heavy atom. The maximum Gasteiger partial charge on any atom is 0.196 e. The average Bonchev–Trinajstić information content (AvgIpc) is 3.29. The second-order valence-corrected chi connectivity index (χ2v) is 7.10. The molecule has 0 unspecified atom stereocenters. The van der Waals surface area contributed by atoms with E-state index in [0.717, 1.165) is 47.0 Å². The van der Waals surface area contributed by atoms with Crippen LogP contribution < -0.4 is 9.80 Å². The van der Waals surface area contributed by atoms with Gasteiger partial charge in [-0.3, -0.25) is 0 Å². The molecular formula is C19H23N4O+. The summed E-state index contributed by atoms with van der Waals surface area (Å²) in [6, 6.07) is 9.00. The molecule has 5 heteroatoms. The quantitative estimate of drug-likeness (QED) is 0.784. The number of aromatic nitrogens is 2. The largest absolute Gasteiger partial charge is 0.450 e. The zero-order valence-electron chi connectivity index (χ0n) is 13.9. The van der Waals surface area contributed by atoms with Gasteiger partial charge in [-0.15, -0.1) is 0 Å². The molecule has 24 heavy (non-hydrogen) atoms. The molecule has 5 rings (SSSR count). The maximum atomic E-state index is 6.09. The molecule has 0 radical (unpaired) electrons. The highest BCUT2D eigenvalue weighted by molar-refractivity contribution is 6.05. The maximum absolute atomic E-state index is 6.09. The number of nitrogens with one attached hydrogen (secondary N) is 1. The summed E-state index contributed by atoms with van der Waals surface area (Å²) in [5.74, 6) is 0.960. The Morgan fingerprint density at radius 2 is 1.83 bits per heavy atom. The minimum Gasteiger partial charge on any atom is -0.450 e. The summed E-state index contributed by atoms with van der Waals surface area (Å²) in [6.07, 6.45) is 7.34. The molecule has 2 aromatic heterocycles. The van der Waals surface area contributed by atoms with Crippen molar-refractivity contribution in [3.05, 3.63) is 30.6 Å². The second kappa shape index (κ2) is 5.74. The summed E-state index contributed by atoms with van der Waals surface area (Å²) < 4.78 is 6.09. The first-order valence-electron chi connectivity index (χ1n) is 9.12. The van der Waals surface area contributed by atoms with Gasteiger partial charge in [0.15, 0.2) is 11.4 Å². The van der Waals surface area contributed by atoms with Crippen LogP contribution in [0.3, 0.4) is 0 Å². The van der Waals surface area contributed by atoms with E-state index in [2.05, 4.69) is 20.9 Å². The van der Waals surface area contributed by atoms with Crippen LogP contribution in [0.4, 0.5) is 5.82 Å². The van der Waals surface area contributed by atoms with Crippen LogP contribution in [0.1, 0.15) is 25.7 Å². The SMILES string of the molecule is c1ccc2c(c1)oc1c(N3CC[NH+](C4CCCC4)CC3)ncnc12. The number of fused-ring (bicyclic) bond motifs is 3. The summed E-state index contributed by atoms with van der Waals surface area (Å²) in [5, 5.41) is 1.08. The van der Waals surface area contributed by atoms with Crippen molar-refractivity contribution in [2.75, 3.05) is 31.1 Å². The molecule has 1 saturated carbocycles. The Balaban J connectivity index is 1.45. The van der Waals surface area contributed by atoms with Crippen molar-refractivity contribution in [2.24, 2.45) is 0 Å². The Hall–Kier alpha value is -2.14. The van der Waals surface area contributed by atoms with E-state index in [9.17, 15) is 0 Å². The third-order valence-corrected chi connectivity index (χ3v) is 5.78. The normalized spacial score (nSPS) is 20.4. The van der Waals surface area contributed by atoms with Crippen molar-refractivity contribution >= 4 is 27.9 Å². The summed E-state index contributed by atoms with van der Waals surface area (Å²) in [6.45, 7) is 4.51. The third-order valence-electron chi connectivity index (χ3n) is 5.78. The van der Waals surface area contributed by atoms with Gasteiger partial charge >= 0.3 is 0 Å². The van der Waals surface area contributed by atoms with Crippen LogP contribution in [0.25, 0.3) is 22.1 Å². The highest BCUT2D eigenvalue weighted by atomic mass is 16.3. The number of anilines is 1. The Bertz CT molecular complexity index is 860. The van der Waals surface area contributed by atoms with Crippen LogP contribution in [0.2, 0.25) is 0 Å². The zero-order valence-corrected chi connectivity index (χ0v) is 13.9. The van der Waals surface area contributed by atoms with Crippen LogP contribution in [0, 0.1) is 0 Å². The number of para-hydroxylation sites is 1. The summed E-state index contributed by atoms with van der Waals surface area (Å²) in [7, 11) is 0. The molecule has 3 heterocycles. The van der Waals surface area contributed by atoms with Gasteiger partial charge in [-0.05, 0) is 37.8 Å². The topological polar surface area (TPSA) is 46.6 Å². The molecule has 5 nitrogen and oxygen atoms in total. The number of rotatable bonds is 2. The smallest absolute Gasteiger partial charge is 0.196 e. The monoisotopic (exact) mass is 323 g/mol. The van der Waals surface area contributed by atoms with Gasteiger partial charge in [0.2, 0.25) is 0 Å². The fourth-order valence-electron chi connectivity index (χ4n) is 4.48. The molecule has 2 fully saturated rings. The molecule has 1 aromatic carbocycles. The van der Waals surface area contributed by atoms with Crippen molar-refractivity contribution in [3.63, 3.8) is 0 Å².